The number of H-pyrrole nitrogens is 1. The zero-order valence-electron chi connectivity index (χ0n) is 15.9. The predicted molar refractivity (Wildman–Crippen MR) is 102 cm³/mol. The highest BCUT2D eigenvalue weighted by molar-refractivity contribution is 6.05. The summed E-state index contributed by atoms with van der Waals surface area (Å²) in [7, 11) is 0. The molecule has 0 fully saturated rings. The third-order valence-electron chi connectivity index (χ3n) is 4.52. The van der Waals surface area contributed by atoms with Crippen molar-refractivity contribution < 1.29 is 23.5 Å². The number of hydrogen-bond acceptors (Lipinski definition) is 6. The topological polar surface area (TPSA) is 106 Å². The van der Waals surface area contributed by atoms with Gasteiger partial charge in [0, 0.05) is 17.3 Å². The van der Waals surface area contributed by atoms with Gasteiger partial charge in [0.25, 0.3) is 0 Å². The van der Waals surface area contributed by atoms with Crippen LogP contribution in [0.4, 0.5) is 0 Å². The fraction of sp³-hybridized carbons (Fsp3) is 0.238. The van der Waals surface area contributed by atoms with Gasteiger partial charge in [-0.3, -0.25) is 14.4 Å². The van der Waals surface area contributed by atoms with Crippen LogP contribution in [0.15, 0.2) is 39.5 Å². The van der Waals surface area contributed by atoms with Gasteiger partial charge in [0.1, 0.15) is 5.58 Å². The van der Waals surface area contributed by atoms with Gasteiger partial charge in [-0.2, -0.15) is 0 Å². The highest BCUT2D eigenvalue weighted by Gasteiger charge is 2.27. The molecule has 3 rings (SSSR count). The van der Waals surface area contributed by atoms with Gasteiger partial charge in [-0.1, -0.05) is 12.1 Å². The number of fused-ring (bicyclic) bond motifs is 1. The van der Waals surface area contributed by atoms with Crippen molar-refractivity contribution >= 4 is 28.5 Å². The van der Waals surface area contributed by atoms with Crippen molar-refractivity contribution in [3.63, 3.8) is 0 Å². The molecular formula is C21H19NO6. The molecule has 0 saturated heterocycles. The maximum absolute atomic E-state index is 12.7. The molecule has 0 bridgehead atoms. The van der Waals surface area contributed by atoms with Gasteiger partial charge < -0.3 is 14.1 Å². The number of para-hydroxylation sites is 1. The molecule has 28 heavy (non-hydrogen) atoms. The highest BCUT2D eigenvalue weighted by atomic mass is 16.6. The lowest BCUT2D eigenvalue weighted by Gasteiger charge is -2.12. The number of ether oxygens (including phenoxy) is 1. The molecule has 2 heterocycles. The molecule has 2 aromatic heterocycles. The van der Waals surface area contributed by atoms with Crippen molar-refractivity contribution in [1.29, 1.82) is 0 Å². The van der Waals surface area contributed by atoms with Crippen molar-refractivity contribution in [2.24, 2.45) is 0 Å². The lowest BCUT2D eigenvalue weighted by Crippen LogP contribution is -2.25. The highest BCUT2D eigenvalue weighted by Crippen LogP contribution is 2.21. The second-order valence-corrected chi connectivity index (χ2v) is 6.56. The van der Waals surface area contributed by atoms with Gasteiger partial charge >= 0.3 is 5.97 Å². The van der Waals surface area contributed by atoms with Gasteiger partial charge in [0.15, 0.2) is 17.3 Å². The number of Topliss-reactive ketones (excluding diaryl/α,β-unsaturated/α-hetero) is 2. The summed E-state index contributed by atoms with van der Waals surface area (Å²) in [5.41, 5.74) is 1.62. The average Bonchev–Trinajstić information content (AvgIpc) is 2.95. The van der Waals surface area contributed by atoms with Crippen LogP contribution in [0.25, 0.3) is 11.0 Å². The molecule has 0 aliphatic carbocycles. The van der Waals surface area contributed by atoms with Crippen LogP contribution in [0.3, 0.4) is 0 Å². The van der Waals surface area contributed by atoms with Crippen molar-refractivity contribution in [3.05, 3.63) is 68.8 Å². The van der Waals surface area contributed by atoms with Crippen LogP contribution < -0.4 is 5.43 Å². The average molecular weight is 381 g/mol. The first kappa shape index (κ1) is 19.3. The number of carbonyl (C=O) groups is 3. The standard InChI is InChI=1S/C21H19NO6/c1-10-18(12(3)23)11(2)22-19(10)20(25)13(4)27-21(26)17-9-15(24)14-7-5-6-8-16(14)28-17/h5-9,13,22H,1-4H3/t13-/m0/s1. The van der Waals surface area contributed by atoms with Crippen molar-refractivity contribution in [3.8, 4) is 0 Å². The van der Waals surface area contributed by atoms with E-state index in [9.17, 15) is 19.2 Å². The summed E-state index contributed by atoms with van der Waals surface area (Å²) in [6.45, 7) is 6.19. The fourth-order valence-electron chi connectivity index (χ4n) is 3.20. The van der Waals surface area contributed by atoms with E-state index in [4.69, 9.17) is 9.15 Å². The van der Waals surface area contributed by atoms with Crippen LogP contribution >= 0.6 is 0 Å². The molecule has 7 heteroatoms. The van der Waals surface area contributed by atoms with E-state index in [1.165, 1.54) is 13.8 Å². The summed E-state index contributed by atoms with van der Waals surface area (Å²) in [6.07, 6.45) is -1.14. The van der Waals surface area contributed by atoms with Gasteiger partial charge in [-0.15, -0.1) is 0 Å². The number of ketones is 2. The van der Waals surface area contributed by atoms with Crippen LogP contribution in [-0.2, 0) is 4.74 Å². The largest absolute Gasteiger partial charge is 0.449 e. The Morgan fingerprint density at radius 2 is 1.82 bits per heavy atom. The first-order valence-electron chi connectivity index (χ1n) is 8.69. The van der Waals surface area contributed by atoms with Crippen LogP contribution in [0.5, 0.6) is 0 Å². The van der Waals surface area contributed by atoms with Crippen molar-refractivity contribution in [2.75, 3.05) is 0 Å². The third kappa shape index (κ3) is 3.38. The van der Waals surface area contributed by atoms with E-state index >= 15 is 0 Å². The first-order valence-corrected chi connectivity index (χ1v) is 8.69. The van der Waals surface area contributed by atoms with Gasteiger partial charge in [-0.05, 0) is 45.4 Å². The molecule has 0 unspecified atom stereocenters. The maximum atomic E-state index is 12.7. The molecule has 0 aliphatic heterocycles. The van der Waals surface area contributed by atoms with Crippen molar-refractivity contribution in [2.45, 2.75) is 33.8 Å². The lowest BCUT2D eigenvalue weighted by atomic mass is 10.0. The van der Waals surface area contributed by atoms with E-state index in [2.05, 4.69) is 4.98 Å². The second kappa shape index (κ2) is 7.26. The second-order valence-electron chi connectivity index (χ2n) is 6.56. The number of aryl methyl sites for hydroxylation is 1. The van der Waals surface area contributed by atoms with E-state index in [-0.39, 0.29) is 28.2 Å². The number of carbonyl (C=O) groups excluding carboxylic acids is 3. The van der Waals surface area contributed by atoms with Gasteiger partial charge in [0.2, 0.25) is 11.5 Å². The number of hydrogen-bond donors (Lipinski definition) is 1. The Morgan fingerprint density at radius 3 is 2.46 bits per heavy atom. The molecule has 1 N–H and O–H groups in total. The Morgan fingerprint density at radius 1 is 1.14 bits per heavy atom. The maximum Gasteiger partial charge on any atom is 0.375 e. The lowest BCUT2D eigenvalue weighted by molar-refractivity contribution is 0.0288. The Hall–Kier alpha value is -3.48. The first-order chi connectivity index (χ1) is 13.2. The van der Waals surface area contributed by atoms with E-state index in [0.29, 0.717) is 22.2 Å². The minimum absolute atomic E-state index is 0.159. The van der Waals surface area contributed by atoms with Crippen LogP contribution in [-0.4, -0.2) is 28.6 Å². The zero-order chi connectivity index (χ0) is 20.6. The molecule has 1 atom stereocenters. The van der Waals surface area contributed by atoms with Crippen molar-refractivity contribution in [1.82, 2.24) is 4.98 Å². The number of aromatic nitrogens is 1. The molecule has 0 amide bonds. The Labute approximate surface area is 160 Å². The van der Waals surface area contributed by atoms with Gasteiger partial charge in [0.05, 0.1) is 11.1 Å². The molecule has 0 aliphatic rings. The summed E-state index contributed by atoms with van der Waals surface area (Å²) in [6, 6.07) is 7.56. The monoisotopic (exact) mass is 381 g/mol. The van der Waals surface area contributed by atoms with E-state index in [1.807, 2.05) is 0 Å². The predicted octanol–water partition coefficient (Wildman–Crippen LogP) is 3.37. The van der Waals surface area contributed by atoms with Gasteiger partial charge in [-0.25, -0.2) is 4.79 Å². The Balaban J connectivity index is 1.85. The number of nitrogens with one attached hydrogen (secondary N) is 1. The Kier molecular flexibility index (Phi) is 5.00. The fourth-order valence-corrected chi connectivity index (χ4v) is 3.20. The number of benzene rings is 1. The Bertz CT molecular complexity index is 1170. The van der Waals surface area contributed by atoms with Crippen LogP contribution in [0.1, 0.15) is 56.5 Å². The summed E-state index contributed by atoms with van der Waals surface area (Å²) in [5, 5.41) is 0.345. The van der Waals surface area contributed by atoms with Crippen LogP contribution in [0, 0.1) is 13.8 Å². The molecule has 7 nitrogen and oxygen atoms in total. The summed E-state index contributed by atoms with van der Waals surface area (Å²) in [5.74, 6) is -1.85. The normalized spacial score (nSPS) is 12.0. The molecule has 0 spiro atoms. The third-order valence-corrected chi connectivity index (χ3v) is 4.52. The number of rotatable bonds is 5. The zero-order valence-corrected chi connectivity index (χ0v) is 15.9. The molecule has 3 aromatic rings. The van der Waals surface area contributed by atoms with E-state index < -0.39 is 17.9 Å². The molecule has 0 radical (unpaired) electrons. The smallest absolute Gasteiger partial charge is 0.375 e. The minimum Gasteiger partial charge on any atom is -0.449 e. The minimum atomic E-state index is -1.14. The quantitative estimate of drug-likeness (QED) is 0.536. The molecule has 144 valence electrons. The number of esters is 1. The van der Waals surface area contributed by atoms with Crippen LogP contribution in [0.2, 0.25) is 0 Å². The summed E-state index contributed by atoms with van der Waals surface area (Å²) < 4.78 is 10.6. The SMILES string of the molecule is CC(=O)c1c(C)[nH]c(C(=O)[C@H](C)OC(=O)c2cc(=O)c3ccccc3o2)c1C. The van der Waals surface area contributed by atoms with E-state index in [1.54, 1.807) is 38.1 Å². The molecule has 0 saturated carbocycles. The summed E-state index contributed by atoms with van der Waals surface area (Å²) in [4.78, 5) is 51.8. The number of aromatic amines is 1. The van der Waals surface area contributed by atoms with E-state index in [0.717, 1.165) is 6.07 Å². The summed E-state index contributed by atoms with van der Waals surface area (Å²) >= 11 is 0. The molecular weight excluding hydrogens is 362 g/mol. The molecule has 1 aromatic carbocycles.